The number of carbonyl (C=O) groups excluding carboxylic acids is 2. The van der Waals surface area contributed by atoms with Gasteiger partial charge in [-0.3, -0.25) is 9.59 Å². The lowest BCUT2D eigenvalue weighted by atomic mass is 10.0. The van der Waals surface area contributed by atoms with Crippen LogP contribution in [0.3, 0.4) is 0 Å². The monoisotopic (exact) mass is 595 g/mol. The van der Waals surface area contributed by atoms with E-state index in [1.807, 2.05) is 6.92 Å². The lowest BCUT2D eigenvalue weighted by molar-refractivity contribution is -0.137. The average Bonchev–Trinajstić information content (AvgIpc) is 3.41. The number of aromatic nitrogens is 4. The number of aryl methyl sites for hydroxylation is 1. The molecule has 4 rings (SSSR count). The molecule has 0 bridgehead atoms. The summed E-state index contributed by atoms with van der Waals surface area (Å²) in [6.45, 7) is 7.04. The van der Waals surface area contributed by atoms with E-state index in [2.05, 4.69) is 42.1 Å². The van der Waals surface area contributed by atoms with Crippen LogP contribution in [0.1, 0.15) is 62.1 Å². The van der Waals surface area contributed by atoms with E-state index in [-0.39, 0.29) is 28.8 Å². The third-order valence-electron chi connectivity index (χ3n) is 6.58. The molecule has 0 aromatic carbocycles. The second-order valence-electron chi connectivity index (χ2n) is 9.74. The molecular weight excluding hydrogens is 567 g/mol. The highest BCUT2D eigenvalue weighted by Crippen LogP contribution is 2.35. The van der Waals surface area contributed by atoms with E-state index >= 15 is 0 Å². The Morgan fingerprint density at radius 1 is 1.10 bits per heavy atom. The van der Waals surface area contributed by atoms with Crippen LogP contribution in [-0.2, 0) is 12.6 Å². The van der Waals surface area contributed by atoms with Gasteiger partial charge in [0.15, 0.2) is 5.78 Å². The van der Waals surface area contributed by atoms with E-state index in [1.165, 1.54) is 12.5 Å². The maximum absolute atomic E-state index is 13.1. The predicted octanol–water partition coefficient (Wildman–Crippen LogP) is 4.81. The summed E-state index contributed by atoms with van der Waals surface area (Å²) in [6, 6.07) is 2.40. The van der Waals surface area contributed by atoms with Crippen molar-refractivity contribution in [2.75, 3.05) is 45.1 Å². The normalized spacial score (nSPS) is 15.7. The second kappa shape index (κ2) is 13.1. The van der Waals surface area contributed by atoms with Crippen molar-refractivity contribution in [1.82, 2.24) is 29.7 Å². The van der Waals surface area contributed by atoms with Crippen LogP contribution in [0.15, 0.2) is 30.9 Å². The van der Waals surface area contributed by atoms with Crippen molar-refractivity contribution < 1.29 is 22.8 Å². The number of nitrogens with zero attached hydrogens (tertiary/aromatic N) is 6. The third kappa shape index (κ3) is 8.03. The zero-order valence-electron chi connectivity index (χ0n) is 22.0. The SMILES string of the molecule is CC(CC(=O)c1cc(CCCN2CCN(C)CC2)ncn1)c1ncc(C(=O)Nc2cc(C(F)(F)F)c(Cl)cn2)s1. The van der Waals surface area contributed by atoms with E-state index in [9.17, 15) is 22.8 Å². The molecule has 1 N–H and O–H groups in total. The third-order valence-corrected chi connectivity index (χ3v) is 8.10. The Hall–Kier alpha value is -3.00. The lowest BCUT2D eigenvalue weighted by Gasteiger charge is -2.32. The minimum absolute atomic E-state index is 0.125. The fourth-order valence-electron chi connectivity index (χ4n) is 4.23. The molecule has 40 heavy (non-hydrogen) atoms. The van der Waals surface area contributed by atoms with Gasteiger partial charge >= 0.3 is 6.18 Å². The molecule has 4 heterocycles. The first-order valence-corrected chi connectivity index (χ1v) is 13.9. The first-order chi connectivity index (χ1) is 19.0. The van der Waals surface area contributed by atoms with Gasteiger partial charge in [-0.15, -0.1) is 11.3 Å². The summed E-state index contributed by atoms with van der Waals surface area (Å²) >= 11 is 6.64. The fraction of sp³-hybridized carbons (Fsp3) is 0.462. The standard InChI is InChI=1S/C26H29ClF3N7O2S/c1-16(10-21(38)20-11-17(33-15-34-20)4-3-5-37-8-6-36(2)7-9-37)25-32-14-22(40-25)24(39)35-23-12-18(26(28,29)30)19(27)13-31-23/h11-16H,3-10H2,1-2H3,(H,31,35,39). The minimum atomic E-state index is -4.69. The molecule has 1 aliphatic heterocycles. The van der Waals surface area contributed by atoms with E-state index in [1.54, 1.807) is 6.07 Å². The predicted molar refractivity (Wildman–Crippen MR) is 146 cm³/mol. The largest absolute Gasteiger partial charge is 0.418 e. The fourth-order valence-corrected chi connectivity index (χ4v) is 5.31. The Morgan fingerprint density at radius 2 is 1.85 bits per heavy atom. The summed E-state index contributed by atoms with van der Waals surface area (Å²) in [7, 11) is 2.13. The Morgan fingerprint density at radius 3 is 2.58 bits per heavy atom. The number of rotatable bonds is 10. The maximum Gasteiger partial charge on any atom is 0.418 e. The highest BCUT2D eigenvalue weighted by atomic mass is 35.5. The van der Waals surface area contributed by atoms with Crippen LogP contribution in [0, 0.1) is 0 Å². The van der Waals surface area contributed by atoms with Gasteiger partial charge in [-0.25, -0.2) is 19.9 Å². The van der Waals surface area contributed by atoms with Crippen molar-refractivity contribution in [1.29, 1.82) is 0 Å². The Kier molecular flexibility index (Phi) is 9.82. The Balaban J connectivity index is 1.31. The van der Waals surface area contributed by atoms with Gasteiger partial charge in [-0.2, -0.15) is 13.2 Å². The molecule has 0 spiro atoms. The summed E-state index contributed by atoms with van der Waals surface area (Å²) in [4.78, 5) is 46.9. The number of alkyl halides is 3. The van der Waals surface area contributed by atoms with Crippen molar-refractivity contribution in [3.63, 3.8) is 0 Å². The van der Waals surface area contributed by atoms with Crippen molar-refractivity contribution in [3.8, 4) is 0 Å². The van der Waals surface area contributed by atoms with E-state index < -0.39 is 22.7 Å². The van der Waals surface area contributed by atoms with Crippen molar-refractivity contribution in [2.45, 2.75) is 38.3 Å². The first kappa shape index (κ1) is 30.0. The molecule has 0 radical (unpaired) electrons. The molecule has 3 aromatic rings. The summed E-state index contributed by atoms with van der Waals surface area (Å²) < 4.78 is 39.3. The van der Waals surface area contributed by atoms with Crippen LogP contribution in [0.2, 0.25) is 5.02 Å². The number of carbonyl (C=O) groups is 2. The number of anilines is 1. The number of nitrogens with one attached hydrogen (secondary N) is 1. The number of ketones is 1. The van der Waals surface area contributed by atoms with Crippen LogP contribution < -0.4 is 5.32 Å². The molecule has 1 saturated heterocycles. The summed E-state index contributed by atoms with van der Waals surface area (Å²) in [5, 5.41) is 2.31. The summed E-state index contributed by atoms with van der Waals surface area (Å²) in [5.41, 5.74) is 0.0533. The van der Waals surface area contributed by atoms with Gasteiger partial charge < -0.3 is 15.1 Å². The number of hydrogen-bond acceptors (Lipinski definition) is 9. The van der Waals surface area contributed by atoms with Gasteiger partial charge in [0.05, 0.1) is 21.8 Å². The smallest absolute Gasteiger partial charge is 0.306 e. The van der Waals surface area contributed by atoms with Crippen molar-refractivity contribution in [2.24, 2.45) is 0 Å². The summed E-state index contributed by atoms with van der Waals surface area (Å²) in [5.74, 6) is -1.42. The van der Waals surface area contributed by atoms with Gasteiger partial charge in [0.1, 0.15) is 22.7 Å². The van der Waals surface area contributed by atoms with Gasteiger partial charge in [-0.05, 0) is 38.6 Å². The molecule has 14 heteroatoms. The molecule has 1 fully saturated rings. The van der Waals surface area contributed by atoms with Crippen molar-refractivity contribution >= 4 is 40.4 Å². The zero-order chi connectivity index (χ0) is 28.9. The topological polar surface area (TPSA) is 104 Å². The van der Waals surface area contributed by atoms with Crippen LogP contribution in [0.4, 0.5) is 19.0 Å². The number of halogens is 4. The van der Waals surface area contributed by atoms with E-state index in [0.717, 1.165) is 68.8 Å². The van der Waals surface area contributed by atoms with Gasteiger partial charge in [0, 0.05) is 50.4 Å². The molecule has 3 aromatic heterocycles. The molecule has 1 amide bonds. The Labute approximate surface area is 238 Å². The van der Waals surface area contributed by atoms with E-state index in [0.29, 0.717) is 16.8 Å². The molecule has 1 aliphatic rings. The molecule has 214 valence electrons. The molecular formula is C26H29ClF3N7O2S. The number of piperazine rings is 1. The van der Waals surface area contributed by atoms with Crippen molar-refractivity contribution in [3.05, 3.63) is 62.7 Å². The summed E-state index contributed by atoms with van der Waals surface area (Å²) in [6.07, 6.45) is 0.691. The van der Waals surface area contributed by atoms with Crippen LogP contribution in [-0.4, -0.2) is 81.2 Å². The number of amides is 1. The van der Waals surface area contributed by atoms with Crippen LogP contribution >= 0.6 is 22.9 Å². The van der Waals surface area contributed by atoms with Gasteiger partial charge in [0.25, 0.3) is 5.91 Å². The number of thiazole rings is 1. The number of pyridine rings is 1. The number of likely N-dealkylation sites (N-methyl/N-ethyl adjacent to an activating group) is 1. The molecule has 9 nitrogen and oxygen atoms in total. The highest BCUT2D eigenvalue weighted by Gasteiger charge is 2.34. The van der Waals surface area contributed by atoms with Crippen LogP contribution in [0.5, 0.6) is 0 Å². The van der Waals surface area contributed by atoms with Gasteiger partial charge in [-0.1, -0.05) is 18.5 Å². The van der Waals surface area contributed by atoms with Gasteiger partial charge in [0.2, 0.25) is 0 Å². The van der Waals surface area contributed by atoms with E-state index in [4.69, 9.17) is 11.6 Å². The number of hydrogen-bond donors (Lipinski definition) is 1. The molecule has 0 saturated carbocycles. The molecule has 1 atom stereocenters. The number of Topliss-reactive ketones (excluding diaryl/α,β-unsaturated/α-hetero) is 1. The first-order valence-electron chi connectivity index (χ1n) is 12.7. The zero-order valence-corrected chi connectivity index (χ0v) is 23.6. The average molecular weight is 596 g/mol. The maximum atomic E-state index is 13.1. The minimum Gasteiger partial charge on any atom is -0.306 e. The highest BCUT2D eigenvalue weighted by molar-refractivity contribution is 7.13. The quantitative estimate of drug-likeness (QED) is 0.333. The van der Waals surface area contributed by atoms with Crippen LogP contribution in [0.25, 0.3) is 0 Å². The molecule has 1 unspecified atom stereocenters. The lowest BCUT2D eigenvalue weighted by Crippen LogP contribution is -2.44. The Bertz CT molecular complexity index is 1350. The second-order valence-corrected chi connectivity index (χ2v) is 11.2. The molecule has 0 aliphatic carbocycles.